The SMILES string of the molecule is C=C1CNC(=C)C(CC(/C=C(/C)N)=C/C(C)=C\C)N1. The molecule has 4 N–H and O–H groups in total. The van der Waals surface area contributed by atoms with E-state index >= 15 is 0 Å². The quantitative estimate of drug-likeness (QED) is 0.680. The minimum atomic E-state index is 0.160. The molecule has 0 saturated carbocycles. The Morgan fingerprint density at radius 1 is 1.37 bits per heavy atom. The Morgan fingerprint density at radius 2 is 2.05 bits per heavy atom. The average Bonchev–Trinajstić information content (AvgIpc) is 2.32. The second kappa shape index (κ2) is 6.88. The first-order valence-electron chi connectivity index (χ1n) is 6.56. The number of rotatable bonds is 4. The zero-order valence-corrected chi connectivity index (χ0v) is 12.2. The normalized spacial score (nSPS) is 22.1. The molecule has 0 bridgehead atoms. The monoisotopic (exact) mass is 259 g/mol. The number of nitrogens with one attached hydrogen (secondary N) is 2. The third kappa shape index (κ3) is 5.08. The van der Waals surface area contributed by atoms with Crippen molar-refractivity contribution in [3.05, 3.63) is 59.6 Å². The molecule has 0 aromatic carbocycles. The molecule has 19 heavy (non-hydrogen) atoms. The zero-order chi connectivity index (χ0) is 14.4. The summed E-state index contributed by atoms with van der Waals surface area (Å²) in [6, 6.07) is 0.160. The molecule has 1 fully saturated rings. The molecule has 0 aromatic heterocycles. The summed E-state index contributed by atoms with van der Waals surface area (Å²) in [7, 11) is 0. The minimum Gasteiger partial charge on any atom is -0.402 e. The Hall–Kier alpha value is -1.90. The van der Waals surface area contributed by atoms with Crippen LogP contribution >= 0.6 is 0 Å². The van der Waals surface area contributed by atoms with Crippen LogP contribution in [0, 0.1) is 0 Å². The van der Waals surface area contributed by atoms with Gasteiger partial charge in [0.1, 0.15) is 0 Å². The van der Waals surface area contributed by atoms with Gasteiger partial charge in [-0.25, -0.2) is 0 Å². The van der Waals surface area contributed by atoms with Crippen LogP contribution in [-0.4, -0.2) is 12.6 Å². The van der Waals surface area contributed by atoms with E-state index in [0.29, 0.717) is 0 Å². The third-order valence-corrected chi connectivity index (χ3v) is 3.05. The molecule has 1 aliphatic rings. The summed E-state index contributed by atoms with van der Waals surface area (Å²) in [4.78, 5) is 0. The summed E-state index contributed by atoms with van der Waals surface area (Å²) in [5, 5.41) is 6.63. The predicted molar refractivity (Wildman–Crippen MR) is 83.3 cm³/mol. The predicted octanol–water partition coefficient (Wildman–Crippen LogP) is 2.72. The highest BCUT2D eigenvalue weighted by Crippen LogP contribution is 2.18. The van der Waals surface area contributed by atoms with Crippen LogP contribution < -0.4 is 16.4 Å². The van der Waals surface area contributed by atoms with E-state index in [9.17, 15) is 0 Å². The lowest BCUT2D eigenvalue weighted by atomic mass is 9.99. The Kier molecular flexibility index (Phi) is 5.49. The van der Waals surface area contributed by atoms with Crippen molar-refractivity contribution in [1.29, 1.82) is 0 Å². The molecule has 3 heteroatoms. The maximum atomic E-state index is 5.80. The summed E-state index contributed by atoms with van der Waals surface area (Å²) in [5.74, 6) is 0. The van der Waals surface area contributed by atoms with Gasteiger partial charge in [-0.2, -0.15) is 0 Å². The number of hydrogen-bond acceptors (Lipinski definition) is 3. The van der Waals surface area contributed by atoms with Crippen LogP contribution in [0.15, 0.2) is 59.6 Å². The summed E-state index contributed by atoms with van der Waals surface area (Å²) in [6.45, 7) is 14.8. The van der Waals surface area contributed by atoms with Crippen molar-refractivity contribution in [2.45, 2.75) is 33.2 Å². The van der Waals surface area contributed by atoms with Gasteiger partial charge in [-0.05, 0) is 38.8 Å². The van der Waals surface area contributed by atoms with Crippen molar-refractivity contribution < 1.29 is 0 Å². The average molecular weight is 259 g/mol. The van der Waals surface area contributed by atoms with Gasteiger partial charge in [0.15, 0.2) is 0 Å². The maximum Gasteiger partial charge on any atom is 0.0691 e. The van der Waals surface area contributed by atoms with E-state index in [1.165, 1.54) is 11.1 Å². The topological polar surface area (TPSA) is 50.1 Å². The van der Waals surface area contributed by atoms with Gasteiger partial charge < -0.3 is 16.4 Å². The van der Waals surface area contributed by atoms with Gasteiger partial charge in [0.25, 0.3) is 0 Å². The fourth-order valence-corrected chi connectivity index (χ4v) is 1.97. The van der Waals surface area contributed by atoms with Gasteiger partial charge in [0.2, 0.25) is 0 Å². The van der Waals surface area contributed by atoms with Crippen LogP contribution in [0.3, 0.4) is 0 Å². The van der Waals surface area contributed by atoms with E-state index in [0.717, 1.165) is 30.1 Å². The number of piperazine rings is 1. The van der Waals surface area contributed by atoms with E-state index in [2.05, 4.69) is 42.9 Å². The Labute approximate surface area is 116 Å². The fourth-order valence-electron chi connectivity index (χ4n) is 1.97. The van der Waals surface area contributed by atoms with E-state index in [1.54, 1.807) is 0 Å². The summed E-state index contributed by atoms with van der Waals surface area (Å²) >= 11 is 0. The third-order valence-electron chi connectivity index (χ3n) is 3.05. The lowest BCUT2D eigenvalue weighted by Crippen LogP contribution is -2.44. The Balaban J connectivity index is 2.88. The highest BCUT2D eigenvalue weighted by molar-refractivity contribution is 5.33. The van der Waals surface area contributed by atoms with E-state index < -0.39 is 0 Å². The first kappa shape index (κ1) is 15.2. The van der Waals surface area contributed by atoms with Gasteiger partial charge in [0.05, 0.1) is 12.6 Å². The molecule has 3 nitrogen and oxygen atoms in total. The van der Waals surface area contributed by atoms with Crippen LogP contribution in [0.2, 0.25) is 0 Å². The highest BCUT2D eigenvalue weighted by Gasteiger charge is 2.18. The van der Waals surface area contributed by atoms with Crippen LogP contribution in [0.25, 0.3) is 0 Å². The summed E-state index contributed by atoms with van der Waals surface area (Å²) in [5.41, 5.74) is 11.0. The number of hydrogen-bond donors (Lipinski definition) is 3. The van der Waals surface area contributed by atoms with Crippen LogP contribution in [-0.2, 0) is 0 Å². The van der Waals surface area contributed by atoms with Crippen molar-refractivity contribution in [2.24, 2.45) is 5.73 Å². The zero-order valence-electron chi connectivity index (χ0n) is 12.2. The molecule has 0 aliphatic carbocycles. The molecule has 1 atom stereocenters. The number of nitrogens with two attached hydrogens (primary N) is 1. The maximum absolute atomic E-state index is 5.80. The molecule has 1 heterocycles. The molecule has 1 unspecified atom stereocenters. The second-order valence-electron chi connectivity index (χ2n) is 5.02. The molecular weight excluding hydrogens is 234 g/mol. The molecule has 0 spiro atoms. The largest absolute Gasteiger partial charge is 0.402 e. The van der Waals surface area contributed by atoms with E-state index in [1.807, 2.05) is 19.9 Å². The van der Waals surface area contributed by atoms with Crippen molar-refractivity contribution in [1.82, 2.24) is 10.6 Å². The van der Waals surface area contributed by atoms with Crippen LogP contribution in [0.5, 0.6) is 0 Å². The van der Waals surface area contributed by atoms with Gasteiger partial charge >= 0.3 is 0 Å². The Morgan fingerprint density at radius 3 is 2.63 bits per heavy atom. The van der Waals surface area contributed by atoms with Crippen molar-refractivity contribution >= 4 is 0 Å². The molecule has 0 aromatic rings. The van der Waals surface area contributed by atoms with Gasteiger partial charge in [-0.3, -0.25) is 0 Å². The Bertz CT molecular complexity index is 449. The molecule has 0 radical (unpaired) electrons. The highest BCUT2D eigenvalue weighted by atomic mass is 15.1. The molecule has 0 amide bonds. The standard InChI is InChI=1S/C16H25N3/c1-6-11(2)7-15(8-12(3)17)9-16-14(5)18-10-13(4)19-16/h6-8,16,18-19H,4-5,9-10,17H2,1-3H3/b11-6-,12-8-,15-7+. The van der Waals surface area contributed by atoms with E-state index in [-0.39, 0.29) is 6.04 Å². The van der Waals surface area contributed by atoms with Crippen molar-refractivity contribution in [3.8, 4) is 0 Å². The van der Waals surface area contributed by atoms with Crippen molar-refractivity contribution in [2.75, 3.05) is 6.54 Å². The summed E-state index contributed by atoms with van der Waals surface area (Å²) in [6.07, 6.45) is 7.09. The summed E-state index contributed by atoms with van der Waals surface area (Å²) < 4.78 is 0. The molecule has 104 valence electrons. The van der Waals surface area contributed by atoms with Crippen molar-refractivity contribution in [3.63, 3.8) is 0 Å². The number of allylic oxidation sites excluding steroid dienone is 5. The molecular formula is C16H25N3. The lowest BCUT2D eigenvalue weighted by Gasteiger charge is -2.30. The van der Waals surface area contributed by atoms with Crippen LogP contribution in [0.1, 0.15) is 27.2 Å². The lowest BCUT2D eigenvalue weighted by molar-refractivity contribution is 0.537. The van der Waals surface area contributed by atoms with E-state index in [4.69, 9.17) is 5.73 Å². The molecule has 1 saturated heterocycles. The first-order valence-corrected chi connectivity index (χ1v) is 6.56. The van der Waals surface area contributed by atoms with Gasteiger partial charge in [0, 0.05) is 17.1 Å². The second-order valence-corrected chi connectivity index (χ2v) is 5.02. The van der Waals surface area contributed by atoms with Gasteiger partial charge in [-0.15, -0.1) is 0 Å². The van der Waals surface area contributed by atoms with Crippen LogP contribution in [0.4, 0.5) is 0 Å². The molecule has 1 aliphatic heterocycles. The molecule has 1 rings (SSSR count). The fraction of sp³-hybridized carbons (Fsp3) is 0.375. The minimum absolute atomic E-state index is 0.160. The van der Waals surface area contributed by atoms with Gasteiger partial charge in [-0.1, -0.05) is 30.9 Å². The smallest absolute Gasteiger partial charge is 0.0691 e. The first-order chi connectivity index (χ1) is 8.92.